The predicted octanol–water partition coefficient (Wildman–Crippen LogP) is 2.84. The Morgan fingerprint density at radius 1 is 1.29 bits per heavy atom. The minimum Gasteiger partial charge on any atom is -0.369 e. The first-order valence-corrected chi connectivity index (χ1v) is 7.55. The molecule has 0 radical (unpaired) electrons. The third kappa shape index (κ3) is 3.17. The summed E-state index contributed by atoms with van der Waals surface area (Å²) in [7, 11) is 0. The van der Waals surface area contributed by atoms with E-state index in [1.165, 1.54) is 10.6 Å². The first-order valence-electron chi connectivity index (χ1n) is 6.33. The molecule has 1 unspecified atom stereocenters. The van der Waals surface area contributed by atoms with E-state index >= 15 is 0 Å². The van der Waals surface area contributed by atoms with Gasteiger partial charge in [0.15, 0.2) is 0 Å². The number of nitrogens with zero attached hydrogens (tertiary/aromatic N) is 1. The Bertz CT molecular complexity index is 348. The van der Waals surface area contributed by atoms with E-state index in [1.54, 1.807) is 11.8 Å². The van der Waals surface area contributed by atoms with Crippen molar-refractivity contribution in [1.82, 2.24) is 5.32 Å². The molecule has 2 rings (SSSR count). The second kappa shape index (κ2) is 5.78. The quantitative estimate of drug-likeness (QED) is 0.831. The van der Waals surface area contributed by atoms with Crippen molar-refractivity contribution in [1.29, 1.82) is 0 Å². The number of piperazine rings is 1. The molecular formula is C14H22N2S. The molecule has 94 valence electrons. The third-order valence-corrected chi connectivity index (χ3v) is 4.19. The van der Waals surface area contributed by atoms with E-state index in [1.807, 2.05) is 0 Å². The Morgan fingerprint density at radius 3 is 2.59 bits per heavy atom. The molecule has 1 aliphatic heterocycles. The summed E-state index contributed by atoms with van der Waals surface area (Å²) < 4.78 is 0. The Labute approximate surface area is 109 Å². The molecule has 1 atom stereocenters. The van der Waals surface area contributed by atoms with E-state index in [4.69, 9.17) is 0 Å². The number of nitrogens with one attached hydrogen (secondary N) is 1. The summed E-state index contributed by atoms with van der Waals surface area (Å²) in [6.07, 6.45) is 2.12. The van der Waals surface area contributed by atoms with E-state index in [-0.39, 0.29) is 0 Å². The van der Waals surface area contributed by atoms with Crippen LogP contribution in [0, 0.1) is 5.92 Å². The lowest BCUT2D eigenvalue weighted by Crippen LogP contribution is -2.52. The Balaban J connectivity index is 2.05. The van der Waals surface area contributed by atoms with Crippen molar-refractivity contribution in [3.63, 3.8) is 0 Å². The van der Waals surface area contributed by atoms with Crippen LogP contribution in [0.3, 0.4) is 0 Å². The molecule has 1 aromatic carbocycles. The zero-order valence-corrected chi connectivity index (χ0v) is 11.8. The third-order valence-electron chi connectivity index (χ3n) is 3.45. The molecule has 0 aliphatic carbocycles. The van der Waals surface area contributed by atoms with Crippen molar-refractivity contribution >= 4 is 17.4 Å². The Morgan fingerprint density at radius 2 is 2.00 bits per heavy atom. The summed E-state index contributed by atoms with van der Waals surface area (Å²) in [4.78, 5) is 3.83. The van der Waals surface area contributed by atoms with Crippen molar-refractivity contribution in [2.75, 3.05) is 30.8 Å². The van der Waals surface area contributed by atoms with Crippen LogP contribution in [0.25, 0.3) is 0 Å². The fourth-order valence-electron chi connectivity index (χ4n) is 2.25. The molecule has 1 aliphatic rings. The van der Waals surface area contributed by atoms with Crippen LogP contribution in [-0.2, 0) is 0 Å². The van der Waals surface area contributed by atoms with Crippen LogP contribution in [0.4, 0.5) is 5.69 Å². The van der Waals surface area contributed by atoms with Gasteiger partial charge in [-0.2, -0.15) is 0 Å². The molecule has 0 aromatic heterocycles. The monoisotopic (exact) mass is 250 g/mol. The molecule has 1 aromatic rings. The van der Waals surface area contributed by atoms with Gasteiger partial charge in [0.2, 0.25) is 0 Å². The van der Waals surface area contributed by atoms with Crippen molar-refractivity contribution in [2.24, 2.45) is 5.92 Å². The van der Waals surface area contributed by atoms with Crippen molar-refractivity contribution in [3.05, 3.63) is 24.3 Å². The first kappa shape index (κ1) is 12.8. The van der Waals surface area contributed by atoms with Gasteiger partial charge in [-0.3, -0.25) is 0 Å². The normalized spacial score (nSPS) is 20.9. The van der Waals surface area contributed by atoms with E-state index in [9.17, 15) is 0 Å². The molecule has 0 amide bonds. The second-order valence-electron chi connectivity index (χ2n) is 4.95. The van der Waals surface area contributed by atoms with Crippen molar-refractivity contribution in [3.8, 4) is 0 Å². The zero-order chi connectivity index (χ0) is 12.3. The highest BCUT2D eigenvalue weighted by Gasteiger charge is 2.21. The van der Waals surface area contributed by atoms with Crippen molar-refractivity contribution in [2.45, 2.75) is 24.8 Å². The fourth-order valence-corrected chi connectivity index (χ4v) is 2.66. The molecule has 17 heavy (non-hydrogen) atoms. The van der Waals surface area contributed by atoms with E-state index in [2.05, 4.69) is 54.6 Å². The lowest BCUT2D eigenvalue weighted by molar-refractivity contribution is 0.368. The fraction of sp³-hybridized carbons (Fsp3) is 0.571. The second-order valence-corrected chi connectivity index (χ2v) is 5.83. The molecule has 3 heteroatoms. The van der Waals surface area contributed by atoms with Gasteiger partial charge in [0, 0.05) is 36.3 Å². The summed E-state index contributed by atoms with van der Waals surface area (Å²) in [6.45, 7) is 7.90. The highest BCUT2D eigenvalue weighted by molar-refractivity contribution is 7.98. The van der Waals surface area contributed by atoms with E-state index in [0.29, 0.717) is 12.0 Å². The standard InChI is InChI=1S/C14H22N2S/c1-11(2)14-10-16(9-8-15-14)12-4-6-13(17-3)7-5-12/h4-7,11,14-15H,8-10H2,1-3H3. The van der Waals surface area contributed by atoms with Gasteiger partial charge in [-0.1, -0.05) is 13.8 Å². The molecule has 1 fully saturated rings. The van der Waals surface area contributed by atoms with Gasteiger partial charge in [-0.15, -0.1) is 11.8 Å². The molecule has 2 nitrogen and oxygen atoms in total. The van der Waals surface area contributed by atoms with Gasteiger partial charge >= 0.3 is 0 Å². The maximum atomic E-state index is 3.60. The summed E-state index contributed by atoms with van der Waals surface area (Å²) in [5.41, 5.74) is 1.36. The maximum absolute atomic E-state index is 3.60. The number of hydrogen-bond acceptors (Lipinski definition) is 3. The van der Waals surface area contributed by atoms with Gasteiger partial charge in [0.25, 0.3) is 0 Å². The van der Waals surface area contributed by atoms with Gasteiger partial charge in [0.1, 0.15) is 0 Å². The highest BCUT2D eigenvalue weighted by atomic mass is 32.2. The molecule has 1 N–H and O–H groups in total. The van der Waals surface area contributed by atoms with Crippen LogP contribution >= 0.6 is 11.8 Å². The number of hydrogen-bond donors (Lipinski definition) is 1. The minimum absolute atomic E-state index is 0.615. The summed E-state index contributed by atoms with van der Waals surface area (Å²) in [5, 5.41) is 3.60. The largest absolute Gasteiger partial charge is 0.369 e. The topological polar surface area (TPSA) is 15.3 Å². The van der Waals surface area contributed by atoms with Crippen LogP contribution in [0.5, 0.6) is 0 Å². The number of benzene rings is 1. The van der Waals surface area contributed by atoms with Gasteiger partial charge < -0.3 is 10.2 Å². The van der Waals surface area contributed by atoms with Crippen molar-refractivity contribution < 1.29 is 0 Å². The lowest BCUT2D eigenvalue weighted by Gasteiger charge is -2.37. The first-order chi connectivity index (χ1) is 8.20. The number of thioether (sulfide) groups is 1. The molecule has 0 bridgehead atoms. The Kier molecular flexibility index (Phi) is 4.35. The van der Waals surface area contributed by atoms with Gasteiger partial charge in [0.05, 0.1) is 0 Å². The number of anilines is 1. The molecule has 1 saturated heterocycles. The highest BCUT2D eigenvalue weighted by Crippen LogP contribution is 2.22. The zero-order valence-electron chi connectivity index (χ0n) is 10.9. The Hall–Kier alpha value is -0.670. The van der Waals surface area contributed by atoms with Gasteiger partial charge in [-0.25, -0.2) is 0 Å². The van der Waals surface area contributed by atoms with Gasteiger partial charge in [-0.05, 0) is 36.4 Å². The van der Waals surface area contributed by atoms with E-state index < -0.39 is 0 Å². The maximum Gasteiger partial charge on any atom is 0.0367 e. The average Bonchev–Trinajstić information content (AvgIpc) is 2.39. The van der Waals surface area contributed by atoms with Crippen LogP contribution in [0.15, 0.2) is 29.2 Å². The predicted molar refractivity (Wildman–Crippen MR) is 77.1 cm³/mol. The van der Waals surface area contributed by atoms with Crippen LogP contribution < -0.4 is 10.2 Å². The van der Waals surface area contributed by atoms with Crippen LogP contribution in [-0.4, -0.2) is 31.9 Å². The summed E-state index contributed by atoms with van der Waals surface area (Å²) in [5.74, 6) is 0.697. The molecule has 0 spiro atoms. The minimum atomic E-state index is 0.615. The van der Waals surface area contributed by atoms with E-state index in [0.717, 1.165) is 19.6 Å². The molecular weight excluding hydrogens is 228 g/mol. The van der Waals surface area contributed by atoms with Crippen LogP contribution in [0.1, 0.15) is 13.8 Å². The lowest BCUT2D eigenvalue weighted by atomic mass is 10.0. The molecule has 0 saturated carbocycles. The smallest absolute Gasteiger partial charge is 0.0367 e. The summed E-state index contributed by atoms with van der Waals surface area (Å²) in [6, 6.07) is 9.53. The number of rotatable bonds is 3. The average molecular weight is 250 g/mol. The SMILES string of the molecule is CSc1ccc(N2CCNC(C(C)C)C2)cc1. The summed E-state index contributed by atoms with van der Waals surface area (Å²) >= 11 is 1.80. The molecule has 1 heterocycles. The van der Waals surface area contributed by atoms with Crippen LogP contribution in [0.2, 0.25) is 0 Å².